The highest BCUT2D eigenvalue weighted by atomic mass is 32.1. The van der Waals surface area contributed by atoms with Gasteiger partial charge in [-0.25, -0.2) is 24.5 Å². The number of aromatic amines is 1. The van der Waals surface area contributed by atoms with Gasteiger partial charge >= 0.3 is 7.82 Å². The Morgan fingerprint density at radius 3 is 2.33 bits per heavy atom. The molecule has 3 aliphatic rings. The molecule has 4 aromatic rings. The number of hydrogen-bond acceptors (Lipinski definition) is 18. The van der Waals surface area contributed by atoms with E-state index in [-0.39, 0.29) is 47.6 Å². The summed E-state index contributed by atoms with van der Waals surface area (Å²) in [5.41, 5.74) is 11.0. The summed E-state index contributed by atoms with van der Waals surface area (Å²) < 4.78 is 62.0. The molecule has 22 nitrogen and oxygen atoms in total. The Hall–Kier alpha value is -2.99. The average molecular weight is 702 g/mol. The van der Waals surface area contributed by atoms with E-state index in [9.17, 15) is 29.0 Å². The van der Waals surface area contributed by atoms with Gasteiger partial charge in [0.05, 0.1) is 33.3 Å². The zero-order valence-corrected chi connectivity index (χ0v) is 25.8. The van der Waals surface area contributed by atoms with Crippen molar-refractivity contribution < 1.29 is 51.8 Å². The number of aliphatic hydroxyl groups is 2. The maximum absolute atomic E-state index is 13.4. The molecule has 2 bridgehead atoms. The van der Waals surface area contributed by atoms with E-state index in [4.69, 9.17) is 46.6 Å². The quantitative estimate of drug-likeness (QED) is 0.0967. The van der Waals surface area contributed by atoms with E-state index >= 15 is 0 Å². The molecular formula is C20H25BN10O12P2S-. The molecule has 26 heteroatoms. The van der Waals surface area contributed by atoms with Crippen molar-refractivity contribution in [1.82, 2.24) is 39.0 Å². The Morgan fingerprint density at radius 1 is 0.891 bits per heavy atom. The number of phosphoric acid groups is 1. The molecule has 3 saturated heterocycles. The molecule has 46 heavy (non-hydrogen) atoms. The van der Waals surface area contributed by atoms with Gasteiger partial charge in [-0.3, -0.25) is 28.0 Å². The molecule has 247 valence electrons. The van der Waals surface area contributed by atoms with Crippen LogP contribution >= 0.6 is 28.8 Å². The number of hydrogen-bond donors (Lipinski definition) is 6. The second-order valence-corrected chi connectivity index (χ2v) is 13.2. The molecule has 3 radical (unpaired) electrons. The molecule has 3 aliphatic heterocycles. The number of anilines is 2. The van der Waals surface area contributed by atoms with Gasteiger partial charge in [-0.1, -0.05) is 0 Å². The zero-order valence-electron chi connectivity index (χ0n) is 23.0. The minimum absolute atomic E-state index is 0. The van der Waals surface area contributed by atoms with E-state index in [1.807, 2.05) is 0 Å². The minimum atomic E-state index is -5.03. The number of phosphoric ester groups is 1. The van der Waals surface area contributed by atoms with E-state index in [0.29, 0.717) is 0 Å². The molecule has 0 saturated carbocycles. The molecule has 8 N–H and O–H groups in total. The van der Waals surface area contributed by atoms with Gasteiger partial charge in [-0.05, 0) is 0 Å². The lowest BCUT2D eigenvalue weighted by Gasteiger charge is -2.34. The fourth-order valence-electron chi connectivity index (χ4n) is 5.32. The number of aliphatic hydroxyl groups excluding tert-OH is 2. The van der Waals surface area contributed by atoms with Crippen LogP contribution in [0.25, 0.3) is 22.3 Å². The van der Waals surface area contributed by atoms with E-state index in [2.05, 4.69) is 29.9 Å². The first-order valence-corrected chi connectivity index (χ1v) is 16.1. The summed E-state index contributed by atoms with van der Waals surface area (Å²) in [7, 11) is -3.75. The number of rotatable bonds is 2. The van der Waals surface area contributed by atoms with Gasteiger partial charge in [0.2, 0.25) is 5.95 Å². The predicted octanol–water partition coefficient (Wildman–Crippen LogP) is -2.05. The van der Waals surface area contributed by atoms with Crippen molar-refractivity contribution in [3.05, 3.63) is 29.3 Å². The molecule has 3 fully saturated rings. The van der Waals surface area contributed by atoms with E-state index in [1.165, 1.54) is 15.5 Å². The minimum Gasteiger partial charge on any atom is -0.444 e. The Balaban J connectivity index is 0.00000372. The molecule has 10 atom stereocenters. The Morgan fingerprint density at radius 2 is 1.57 bits per heavy atom. The van der Waals surface area contributed by atoms with Crippen LogP contribution < -0.4 is 17.0 Å². The second kappa shape index (κ2) is 11.9. The fourth-order valence-corrected chi connectivity index (χ4v) is 7.27. The van der Waals surface area contributed by atoms with Gasteiger partial charge in [-0.15, -0.1) is 0 Å². The van der Waals surface area contributed by atoms with Gasteiger partial charge < -0.3 is 57.2 Å². The largest absolute Gasteiger partial charge is 0.472 e. The first-order chi connectivity index (χ1) is 21.3. The van der Waals surface area contributed by atoms with Gasteiger partial charge in [0.15, 0.2) is 35.1 Å². The third-order valence-electron chi connectivity index (χ3n) is 7.35. The number of nitrogens with two attached hydrogens (primary N) is 2. The second-order valence-electron chi connectivity index (χ2n) is 10.2. The number of imidazole rings is 2. The van der Waals surface area contributed by atoms with Crippen molar-refractivity contribution >= 4 is 70.5 Å². The smallest absolute Gasteiger partial charge is 0.444 e. The van der Waals surface area contributed by atoms with E-state index in [0.717, 1.165) is 12.7 Å². The number of ether oxygens (including phenoxy) is 2. The van der Waals surface area contributed by atoms with Crippen LogP contribution in [0.15, 0.2) is 23.8 Å². The monoisotopic (exact) mass is 702 g/mol. The first-order valence-electron chi connectivity index (χ1n) is 13.0. The number of nitrogens with one attached hydrogen (secondary N) is 1. The molecular weight excluding hydrogens is 677 g/mol. The number of nitrogens with zero attached hydrogens (tertiary/aromatic N) is 7. The summed E-state index contributed by atoms with van der Waals surface area (Å²) in [6.45, 7) is -1.49. The Bertz CT molecular complexity index is 1950. The van der Waals surface area contributed by atoms with Crippen LogP contribution in [0.4, 0.5) is 11.8 Å². The predicted molar refractivity (Wildman–Crippen MR) is 157 cm³/mol. The highest BCUT2D eigenvalue weighted by Crippen LogP contribution is 2.53. The van der Waals surface area contributed by atoms with Crippen molar-refractivity contribution in [3.8, 4) is 0 Å². The molecule has 4 aromatic heterocycles. The van der Waals surface area contributed by atoms with Crippen LogP contribution in [0.1, 0.15) is 12.5 Å². The van der Waals surface area contributed by atoms with E-state index in [1.54, 1.807) is 0 Å². The van der Waals surface area contributed by atoms with Crippen LogP contribution in [0.2, 0.25) is 0 Å². The lowest BCUT2D eigenvalue weighted by Crippen LogP contribution is -2.36. The first kappa shape index (κ1) is 32.9. The van der Waals surface area contributed by atoms with Crippen LogP contribution in [-0.4, -0.2) is 112 Å². The SMILES string of the molecule is S.[B-]P1(=O)OC[C@H]2O[C@@H](n3cnc4c(N)ncnc43)[C@@H](O)C2OP(=O)(O)OC[C@H]2O[C@@H](n3cnc4c(=O)[nH]c(N)nc43)C(O1)[C@H]2O. The van der Waals surface area contributed by atoms with Crippen molar-refractivity contribution in [2.45, 2.75) is 49.1 Å². The Kier molecular flexibility index (Phi) is 8.53. The number of fused-ring (bicyclic) bond motifs is 5. The summed E-state index contributed by atoms with van der Waals surface area (Å²) in [4.78, 5) is 45.3. The molecule has 0 aliphatic carbocycles. The zero-order chi connectivity index (χ0) is 31.8. The number of aromatic nitrogens is 8. The highest BCUT2D eigenvalue weighted by Gasteiger charge is 2.52. The van der Waals surface area contributed by atoms with Crippen LogP contribution in [0.3, 0.4) is 0 Å². The maximum Gasteiger partial charge on any atom is 0.472 e. The molecule has 0 aromatic carbocycles. The lowest BCUT2D eigenvalue weighted by atomic mass is 10.1. The normalized spacial score (nSPS) is 36.9. The Labute approximate surface area is 264 Å². The van der Waals surface area contributed by atoms with Crippen LogP contribution in [0.5, 0.6) is 0 Å². The van der Waals surface area contributed by atoms with Crippen molar-refractivity contribution in [2.75, 3.05) is 24.7 Å². The third kappa shape index (κ3) is 5.73. The third-order valence-corrected chi connectivity index (χ3v) is 9.38. The van der Waals surface area contributed by atoms with Gasteiger partial charge in [-0.2, -0.15) is 18.5 Å². The summed E-state index contributed by atoms with van der Waals surface area (Å²) in [5.74, 6) is -0.209. The topological polar surface area (TPSA) is 309 Å². The molecule has 7 heterocycles. The maximum atomic E-state index is 13.4. The number of nitrogen functional groups attached to an aromatic ring is 2. The van der Waals surface area contributed by atoms with Gasteiger partial charge in [0.25, 0.3) is 5.56 Å². The van der Waals surface area contributed by atoms with Crippen LogP contribution in [-0.2, 0) is 36.7 Å². The summed E-state index contributed by atoms with van der Waals surface area (Å²) >= 11 is 0. The highest BCUT2D eigenvalue weighted by molar-refractivity contribution is 7.79. The summed E-state index contributed by atoms with van der Waals surface area (Å²) in [5, 5.41) is 22.2. The molecule has 7 rings (SSSR count). The van der Waals surface area contributed by atoms with Gasteiger partial charge in [0, 0.05) is 0 Å². The summed E-state index contributed by atoms with van der Waals surface area (Å²) in [6, 6.07) is 0. The van der Waals surface area contributed by atoms with Crippen molar-refractivity contribution in [3.63, 3.8) is 0 Å². The molecule has 0 amide bonds. The standard InChI is InChI=1S/C20H23BN10O12P2.H2S/c21-44(35)38-2-7-12(11(33)18(41-7)30-4-26-8-14(22)24-3-25-15(8)30)43-45(36,37)39-1-6-10(32)13(42-44)19(40-6)31-5-27-9-16(31)28-20(23)29-17(9)34;/h3-7,10-13,18-19,32-33H,1-2H2,(H,36,37)(H2,22,24,25)(H3,23,28,29,34);1H2/q-1;/t6-,7-,10+,11+,12?,13?,18-,19-,44?;/m1./s1. The van der Waals surface area contributed by atoms with Crippen LogP contribution in [0, 0.1) is 0 Å². The van der Waals surface area contributed by atoms with Gasteiger partial charge in [0.1, 0.15) is 48.5 Å². The lowest BCUT2D eigenvalue weighted by molar-refractivity contribution is -0.0621. The average Bonchev–Trinajstić information content (AvgIpc) is 3.72. The summed E-state index contributed by atoms with van der Waals surface area (Å²) in [6.07, 6.45) is -8.57. The van der Waals surface area contributed by atoms with E-state index < -0.39 is 83.1 Å². The number of H-pyrrole nitrogens is 1. The van der Waals surface area contributed by atoms with Crippen molar-refractivity contribution in [1.29, 1.82) is 0 Å². The van der Waals surface area contributed by atoms with Crippen molar-refractivity contribution in [2.24, 2.45) is 0 Å². The molecule has 0 spiro atoms. The fraction of sp³-hybridized carbons (Fsp3) is 0.500. The molecule has 4 unspecified atom stereocenters.